The number of imidazole rings is 1. The lowest BCUT2D eigenvalue weighted by Crippen LogP contribution is -1.97. The lowest BCUT2D eigenvalue weighted by atomic mass is 10.1. The van der Waals surface area contributed by atoms with Crippen molar-refractivity contribution in [1.29, 1.82) is 0 Å². The van der Waals surface area contributed by atoms with Crippen molar-refractivity contribution < 1.29 is 14.8 Å². The van der Waals surface area contributed by atoms with E-state index in [4.69, 9.17) is 5.11 Å². The molecule has 0 spiro atoms. The lowest BCUT2D eigenvalue weighted by molar-refractivity contribution is -0.383. The van der Waals surface area contributed by atoms with Gasteiger partial charge in [-0.05, 0) is 6.07 Å². The van der Waals surface area contributed by atoms with Crippen LogP contribution in [0, 0.1) is 10.1 Å². The van der Waals surface area contributed by atoms with Crippen molar-refractivity contribution in [3.63, 3.8) is 0 Å². The standard InChI is InChI=1S/C13H8N4O4/c18-13(19)9-6-16(7-15-9)10-4-5-14-12-8(10)2-1-3-11(12)17(20)21/h1-7H,(H,18,19). The van der Waals surface area contributed by atoms with Crippen molar-refractivity contribution in [2.75, 3.05) is 0 Å². The second-order valence-electron chi connectivity index (χ2n) is 4.23. The van der Waals surface area contributed by atoms with Gasteiger partial charge in [0.2, 0.25) is 0 Å². The second kappa shape index (κ2) is 4.67. The van der Waals surface area contributed by atoms with E-state index in [2.05, 4.69) is 9.97 Å². The Labute approximate surface area is 117 Å². The normalized spacial score (nSPS) is 10.7. The van der Waals surface area contributed by atoms with Gasteiger partial charge in [0, 0.05) is 23.8 Å². The molecule has 3 aromatic rings. The molecule has 2 heterocycles. The number of pyridine rings is 1. The number of non-ortho nitro benzene ring substituents is 1. The summed E-state index contributed by atoms with van der Waals surface area (Å²) in [5.74, 6) is -1.14. The minimum atomic E-state index is -1.14. The number of aromatic carboxylic acids is 1. The Hall–Kier alpha value is -3.29. The van der Waals surface area contributed by atoms with Crippen molar-refractivity contribution in [2.45, 2.75) is 0 Å². The third kappa shape index (κ3) is 2.08. The molecule has 0 saturated carbocycles. The maximum Gasteiger partial charge on any atom is 0.356 e. The summed E-state index contributed by atoms with van der Waals surface area (Å²) < 4.78 is 1.50. The van der Waals surface area contributed by atoms with Gasteiger partial charge in [0.1, 0.15) is 11.8 Å². The number of benzene rings is 1. The first kappa shape index (κ1) is 12.7. The summed E-state index contributed by atoms with van der Waals surface area (Å²) in [5, 5.41) is 20.5. The van der Waals surface area contributed by atoms with Crippen LogP contribution in [0.3, 0.4) is 0 Å². The molecule has 0 aliphatic rings. The topological polar surface area (TPSA) is 111 Å². The van der Waals surface area contributed by atoms with E-state index in [9.17, 15) is 14.9 Å². The first-order valence-electron chi connectivity index (χ1n) is 5.87. The minimum Gasteiger partial charge on any atom is -0.476 e. The predicted octanol–water partition coefficient (Wildman–Crippen LogP) is 2.03. The Morgan fingerprint density at radius 1 is 1.29 bits per heavy atom. The van der Waals surface area contributed by atoms with Gasteiger partial charge in [-0.15, -0.1) is 0 Å². The van der Waals surface area contributed by atoms with Crippen LogP contribution in [-0.4, -0.2) is 30.5 Å². The van der Waals surface area contributed by atoms with Crippen LogP contribution in [0.25, 0.3) is 16.6 Å². The highest BCUT2D eigenvalue weighted by atomic mass is 16.6. The van der Waals surface area contributed by atoms with Gasteiger partial charge in [0.25, 0.3) is 5.69 Å². The SMILES string of the molecule is O=C(O)c1cn(-c2ccnc3c([N+](=O)[O-])cccc23)cn1. The van der Waals surface area contributed by atoms with Crippen LogP contribution in [0.2, 0.25) is 0 Å². The number of carbonyl (C=O) groups is 1. The molecule has 0 fully saturated rings. The molecule has 0 bridgehead atoms. The van der Waals surface area contributed by atoms with Gasteiger partial charge in [-0.2, -0.15) is 0 Å². The van der Waals surface area contributed by atoms with Crippen molar-refractivity contribution >= 4 is 22.6 Å². The van der Waals surface area contributed by atoms with Gasteiger partial charge in [-0.3, -0.25) is 10.1 Å². The van der Waals surface area contributed by atoms with E-state index in [1.165, 1.54) is 29.4 Å². The minimum absolute atomic E-state index is 0.104. The van der Waals surface area contributed by atoms with E-state index >= 15 is 0 Å². The summed E-state index contributed by atoms with van der Waals surface area (Å²) >= 11 is 0. The summed E-state index contributed by atoms with van der Waals surface area (Å²) in [5.41, 5.74) is 0.604. The van der Waals surface area contributed by atoms with Crippen LogP contribution in [0.5, 0.6) is 0 Å². The fourth-order valence-electron chi connectivity index (χ4n) is 2.08. The zero-order valence-corrected chi connectivity index (χ0v) is 10.5. The molecule has 1 aromatic carbocycles. The Bertz CT molecular complexity index is 871. The monoisotopic (exact) mass is 284 g/mol. The van der Waals surface area contributed by atoms with Gasteiger partial charge in [-0.25, -0.2) is 14.8 Å². The molecule has 0 atom stereocenters. The number of rotatable bonds is 3. The molecular formula is C13H8N4O4. The number of para-hydroxylation sites is 1. The lowest BCUT2D eigenvalue weighted by Gasteiger charge is -2.06. The van der Waals surface area contributed by atoms with E-state index in [0.29, 0.717) is 11.1 Å². The van der Waals surface area contributed by atoms with Crippen LogP contribution >= 0.6 is 0 Å². The molecular weight excluding hydrogens is 276 g/mol. The average Bonchev–Trinajstić information content (AvgIpc) is 2.95. The second-order valence-corrected chi connectivity index (χ2v) is 4.23. The number of hydrogen-bond acceptors (Lipinski definition) is 5. The summed E-state index contributed by atoms with van der Waals surface area (Å²) in [6, 6.07) is 6.25. The summed E-state index contributed by atoms with van der Waals surface area (Å²) in [4.78, 5) is 29.2. The first-order chi connectivity index (χ1) is 10.1. The summed E-state index contributed by atoms with van der Waals surface area (Å²) in [7, 11) is 0. The summed E-state index contributed by atoms with van der Waals surface area (Å²) in [6.07, 6.45) is 4.12. The van der Waals surface area contributed by atoms with Gasteiger partial charge in [0.05, 0.1) is 10.6 Å². The molecule has 0 aliphatic carbocycles. The molecule has 8 nitrogen and oxygen atoms in total. The Balaban J connectivity index is 2.25. The van der Waals surface area contributed by atoms with Crippen molar-refractivity contribution in [2.24, 2.45) is 0 Å². The van der Waals surface area contributed by atoms with E-state index in [1.807, 2.05) is 0 Å². The molecule has 8 heteroatoms. The van der Waals surface area contributed by atoms with Crippen molar-refractivity contribution in [3.05, 3.63) is 58.8 Å². The fraction of sp³-hybridized carbons (Fsp3) is 0. The highest BCUT2D eigenvalue weighted by Crippen LogP contribution is 2.27. The molecule has 0 unspecified atom stereocenters. The summed E-state index contributed by atoms with van der Waals surface area (Å²) in [6.45, 7) is 0. The third-order valence-electron chi connectivity index (χ3n) is 3.00. The van der Waals surface area contributed by atoms with Crippen LogP contribution in [0.4, 0.5) is 5.69 Å². The van der Waals surface area contributed by atoms with Gasteiger partial charge in [0.15, 0.2) is 5.69 Å². The average molecular weight is 284 g/mol. The number of hydrogen-bond donors (Lipinski definition) is 1. The zero-order chi connectivity index (χ0) is 15.0. The first-order valence-corrected chi connectivity index (χ1v) is 5.87. The number of fused-ring (bicyclic) bond motifs is 1. The fourth-order valence-corrected chi connectivity index (χ4v) is 2.08. The number of nitrogens with zero attached hydrogens (tertiary/aromatic N) is 4. The molecule has 0 saturated heterocycles. The smallest absolute Gasteiger partial charge is 0.356 e. The van der Waals surface area contributed by atoms with E-state index in [0.717, 1.165) is 0 Å². The zero-order valence-electron chi connectivity index (χ0n) is 10.5. The Morgan fingerprint density at radius 3 is 2.76 bits per heavy atom. The third-order valence-corrected chi connectivity index (χ3v) is 3.00. The van der Waals surface area contributed by atoms with Crippen molar-refractivity contribution in [3.8, 4) is 5.69 Å². The molecule has 0 radical (unpaired) electrons. The van der Waals surface area contributed by atoms with Crippen LogP contribution < -0.4 is 0 Å². The number of nitro benzene ring substituents is 1. The maximum absolute atomic E-state index is 11.0. The largest absolute Gasteiger partial charge is 0.476 e. The van der Waals surface area contributed by atoms with E-state index < -0.39 is 10.9 Å². The van der Waals surface area contributed by atoms with Crippen molar-refractivity contribution in [1.82, 2.24) is 14.5 Å². The molecule has 3 rings (SSSR count). The van der Waals surface area contributed by atoms with Crippen LogP contribution in [0.1, 0.15) is 10.5 Å². The Kier molecular flexibility index (Phi) is 2.83. The number of carboxylic acid groups (broad SMARTS) is 1. The maximum atomic E-state index is 11.0. The van der Waals surface area contributed by atoms with Crippen LogP contribution in [0.15, 0.2) is 43.0 Å². The molecule has 0 aliphatic heterocycles. The van der Waals surface area contributed by atoms with E-state index in [1.54, 1.807) is 18.2 Å². The number of nitro groups is 1. The Morgan fingerprint density at radius 2 is 2.10 bits per heavy atom. The quantitative estimate of drug-likeness (QED) is 0.581. The van der Waals surface area contributed by atoms with E-state index in [-0.39, 0.29) is 16.9 Å². The molecule has 104 valence electrons. The number of carboxylic acids is 1. The van der Waals surface area contributed by atoms with Gasteiger partial charge < -0.3 is 9.67 Å². The predicted molar refractivity (Wildman–Crippen MR) is 72.5 cm³/mol. The highest BCUT2D eigenvalue weighted by molar-refractivity contribution is 5.93. The number of aromatic nitrogens is 3. The highest BCUT2D eigenvalue weighted by Gasteiger charge is 2.16. The van der Waals surface area contributed by atoms with Gasteiger partial charge >= 0.3 is 5.97 Å². The molecule has 21 heavy (non-hydrogen) atoms. The van der Waals surface area contributed by atoms with Gasteiger partial charge in [-0.1, -0.05) is 12.1 Å². The van der Waals surface area contributed by atoms with Crippen LogP contribution in [-0.2, 0) is 0 Å². The molecule has 0 amide bonds. The molecule has 1 N–H and O–H groups in total. The molecule has 2 aromatic heterocycles.